The van der Waals surface area contributed by atoms with Crippen LogP contribution in [0.5, 0.6) is 0 Å². The first-order chi connectivity index (χ1) is 9.18. The molecule has 0 aromatic heterocycles. The van der Waals surface area contributed by atoms with Crippen molar-refractivity contribution < 1.29 is 9.50 Å². The van der Waals surface area contributed by atoms with Crippen LogP contribution in [-0.4, -0.2) is 11.7 Å². The third-order valence-corrected chi connectivity index (χ3v) is 3.16. The monoisotopic (exact) mass is 279 g/mol. The first-order valence-corrected chi connectivity index (χ1v) is 6.43. The normalized spacial score (nSPS) is 12.4. The highest BCUT2D eigenvalue weighted by atomic mass is 35.5. The van der Waals surface area contributed by atoms with Crippen molar-refractivity contribution in [2.75, 3.05) is 6.54 Å². The molecule has 0 spiro atoms. The molecule has 100 valence electrons. The van der Waals surface area contributed by atoms with Gasteiger partial charge < -0.3 is 10.4 Å². The SMILES string of the molecule is OC(CNCc1cccc(Cl)c1F)c1ccccc1. The Morgan fingerprint density at radius 2 is 1.84 bits per heavy atom. The van der Waals surface area contributed by atoms with E-state index < -0.39 is 11.9 Å². The molecule has 1 unspecified atom stereocenters. The van der Waals surface area contributed by atoms with Crippen molar-refractivity contribution in [1.82, 2.24) is 5.32 Å². The fourth-order valence-electron chi connectivity index (χ4n) is 1.82. The van der Waals surface area contributed by atoms with Crippen molar-refractivity contribution in [1.29, 1.82) is 0 Å². The molecule has 0 fully saturated rings. The lowest BCUT2D eigenvalue weighted by atomic mass is 10.1. The van der Waals surface area contributed by atoms with Crippen LogP contribution in [-0.2, 0) is 6.54 Å². The molecule has 0 heterocycles. The Bertz CT molecular complexity index is 533. The first kappa shape index (κ1) is 14.0. The highest BCUT2D eigenvalue weighted by molar-refractivity contribution is 6.30. The standard InChI is InChI=1S/C15H15ClFNO/c16-13-8-4-7-12(15(13)17)9-18-10-14(19)11-5-2-1-3-6-11/h1-8,14,18-19H,9-10H2. The summed E-state index contributed by atoms with van der Waals surface area (Å²) in [6.45, 7) is 0.687. The molecule has 0 saturated carbocycles. The lowest BCUT2D eigenvalue weighted by Crippen LogP contribution is -2.21. The summed E-state index contributed by atoms with van der Waals surface area (Å²) >= 11 is 5.70. The number of halogens is 2. The van der Waals surface area contributed by atoms with E-state index in [4.69, 9.17) is 11.6 Å². The summed E-state index contributed by atoms with van der Waals surface area (Å²) in [5.41, 5.74) is 1.33. The van der Waals surface area contributed by atoms with Crippen LogP contribution in [0, 0.1) is 5.82 Å². The topological polar surface area (TPSA) is 32.3 Å². The summed E-state index contributed by atoms with van der Waals surface area (Å²) < 4.78 is 13.6. The second-order valence-electron chi connectivity index (χ2n) is 4.27. The van der Waals surface area contributed by atoms with E-state index in [0.29, 0.717) is 18.7 Å². The van der Waals surface area contributed by atoms with Gasteiger partial charge in [-0.1, -0.05) is 54.1 Å². The highest BCUT2D eigenvalue weighted by Gasteiger charge is 2.08. The van der Waals surface area contributed by atoms with Crippen LogP contribution in [0.3, 0.4) is 0 Å². The Kier molecular flexibility index (Phi) is 4.91. The van der Waals surface area contributed by atoms with Crippen molar-refractivity contribution in [3.63, 3.8) is 0 Å². The van der Waals surface area contributed by atoms with Crippen molar-refractivity contribution in [2.45, 2.75) is 12.6 Å². The zero-order chi connectivity index (χ0) is 13.7. The second-order valence-corrected chi connectivity index (χ2v) is 4.68. The molecule has 2 nitrogen and oxygen atoms in total. The first-order valence-electron chi connectivity index (χ1n) is 6.05. The van der Waals surface area contributed by atoms with Crippen LogP contribution < -0.4 is 5.32 Å². The van der Waals surface area contributed by atoms with Gasteiger partial charge in [-0.15, -0.1) is 0 Å². The largest absolute Gasteiger partial charge is 0.387 e. The Labute approximate surface area is 116 Å². The Morgan fingerprint density at radius 3 is 2.58 bits per heavy atom. The van der Waals surface area contributed by atoms with Crippen LogP contribution in [0.15, 0.2) is 48.5 Å². The molecule has 2 N–H and O–H groups in total. The van der Waals surface area contributed by atoms with E-state index in [1.165, 1.54) is 6.07 Å². The maximum atomic E-state index is 13.6. The molecule has 0 aliphatic rings. The summed E-state index contributed by atoms with van der Waals surface area (Å²) in [6.07, 6.45) is -0.608. The molecule has 2 aromatic rings. The minimum atomic E-state index is -0.608. The van der Waals surface area contributed by atoms with E-state index >= 15 is 0 Å². The summed E-state index contributed by atoms with van der Waals surface area (Å²) in [5, 5.41) is 13.1. The molecule has 0 amide bonds. The van der Waals surface area contributed by atoms with E-state index in [1.807, 2.05) is 30.3 Å². The smallest absolute Gasteiger partial charge is 0.146 e. The van der Waals surface area contributed by atoms with E-state index in [2.05, 4.69) is 5.32 Å². The number of nitrogens with one attached hydrogen (secondary N) is 1. The lowest BCUT2D eigenvalue weighted by Gasteiger charge is -2.12. The van der Waals surface area contributed by atoms with Gasteiger partial charge in [0, 0.05) is 18.7 Å². The maximum absolute atomic E-state index is 13.6. The fraction of sp³-hybridized carbons (Fsp3) is 0.200. The van der Waals surface area contributed by atoms with Crippen molar-refractivity contribution in [3.8, 4) is 0 Å². The Morgan fingerprint density at radius 1 is 1.11 bits per heavy atom. The minimum Gasteiger partial charge on any atom is -0.387 e. The number of rotatable bonds is 5. The number of hydrogen-bond donors (Lipinski definition) is 2. The Balaban J connectivity index is 1.88. The second kappa shape index (κ2) is 6.66. The summed E-state index contributed by atoms with van der Waals surface area (Å²) in [5.74, 6) is -0.411. The lowest BCUT2D eigenvalue weighted by molar-refractivity contribution is 0.174. The molecule has 0 aliphatic heterocycles. The Hall–Kier alpha value is -1.42. The molecule has 19 heavy (non-hydrogen) atoms. The quantitative estimate of drug-likeness (QED) is 0.880. The predicted molar refractivity (Wildman–Crippen MR) is 74.5 cm³/mol. The van der Waals surface area contributed by atoms with Gasteiger partial charge in [-0.3, -0.25) is 0 Å². The zero-order valence-corrected chi connectivity index (χ0v) is 11.1. The van der Waals surface area contributed by atoms with Gasteiger partial charge in [-0.25, -0.2) is 4.39 Å². The molecule has 0 aliphatic carbocycles. The number of aliphatic hydroxyl groups is 1. The summed E-state index contributed by atoms with van der Waals surface area (Å²) in [4.78, 5) is 0. The van der Waals surface area contributed by atoms with E-state index in [-0.39, 0.29) is 5.02 Å². The van der Waals surface area contributed by atoms with Crippen LogP contribution in [0.1, 0.15) is 17.2 Å². The maximum Gasteiger partial charge on any atom is 0.146 e. The van der Waals surface area contributed by atoms with Crippen LogP contribution in [0.2, 0.25) is 5.02 Å². The van der Waals surface area contributed by atoms with Crippen LogP contribution >= 0.6 is 11.6 Å². The van der Waals surface area contributed by atoms with Gasteiger partial charge in [0.25, 0.3) is 0 Å². The average molecular weight is 280 g/mol. The molecule has 0 radical (unpaired) electrons. The zero-order valence-electron chi connectivity index (χ0n) is 10.3. The van der Waals surface area contributed by atoms with Crippen molar-refractivity contribution in [2.24, 2.45) is 0 Å². The van der Waals surface area contributed by atoms with Crippen molar-refractivity contribution >= 4 is 11.6 Å². The number of hydrogen-bond acceptors (Lipinski definition) is 2. The third-order valence-electron chi connectivity index (χ3n) is 2.87. The molecule has 1 atom stereocenters. The molecule has 4 heteroatoms. The van der Waals surface area contributed by atoms with Gasteiger partial charge in [0.2, 0.25) is 0 Å². The molecular formula is C15H15ClFNO. The summed E-state index contributed by atoms with van der Waals surface area (Å²) in [7, 11) is 0. The number of benzene rings is 2. The molecule has 2 rings (SSSR count). The minimum absolute atomic E-state index is 0.114. The van der Waals surface area contributed by atoms with Gasteiger partial charge >= 0.3 is 0 Å². The highest BCUT2D eigenvalue weighted by Crippen LogP contribution is 2.18. The predicted octanol–water partition coefficient (Wildman–Crippen LogP) is 3.30. The van der Waals surface area contributed by atoms with Crippen LogP contribution in [0.4, 0.5) is 4.39 Å². The van der Waals surface area contributed by atoms with E-state index in [0.717, 1.165) is 5.56 Å². The van der Waals surface area contributed by atoms with Gasteiger partial charge in [0.15, 0.2) is 0 Å². The molecular weight excluding hydrogens is 265 g/mol. The van der Waals surface area contributed by atoms with Crippen molar-refractivity contribution in [3.05, 3.63) is 70.5 Å². The average Bonchev–Trinajstić information content (AvgIpc) is 2.44. The molecule has 0 bridgehead atoms. The third kappa shape index (κ3) is 3.77. The molecule has 2 aromatic carbocycles. The summed E-state index contributed by atoms with van der Waals surface area (Å²) in [6, 6.07) is 14.2. The van der Waals surface area contributed by atoms with Gasteiger partial charge in [0.05, 0.1) is 11.1 Å². The van der Waals surface area contributed by atoms with Gasteiger partial charge in [-0.2, -0.15) is 0 Å². The van der Waals surface area contributed by atoms with Gasteiger partial charge in [0.1, 0.15) is 5.82 Å². The number of aliphatic hydroxyl groups excluding tert-OH is 1. The van der Waals surface area contributed by atoms with Gasteiger partial charge in [-0.05, 0) is 11.6 Å². The van der Waals surface area contributed by atoms with E-state index in [1.54, 1.807) is 12.1 Å². The van der Waals surface area contributed by atoms with Crippen LogP contribution in [0.25, 0.3) is 0 Å². The molecule has 0 saturated heterocycles. The van der Waals surface area contributed by atoms with E-state index in [9.17, 15) is 9.50 Å². The fourth-order valence-corrected chi connectivity index (χ4v) is 2.02.